The van der Waals surface area contributed by atoms with Crippen molar-refractivity contribution in [1.29, 1.82) is 0 Å². The lowest BCUT2D eigenvalue weighted by atomic mass is 9.98. The zero-order valence-corrected chi connectivity index (χ0v) is 13.9. The molecule has 3 rings (SSSR count). The third-order valence-electron chi connectivity index (χ3n) is 4.66. The smallest absolute Gasteiger partial charge is 0.253 e. The number of sulfonamides is 1. The van der Waals surface area contributed by atoms with E-state index in [1.165, 1.54) is 10.6 Å². The monoisotopic (exact) mass is 322 g/mol. The number of fused-ring (bicyclic) bond motifs is 1. The molecule has 2 heterocycles. The summed E-state index contributed by atoms with van der Waals surface area (Å²) in [6, 6.07) is 5.45. The van der Waals surface area contributed by atoms with E-state index in [4.69, 9.17) is 0 Å². The number of carbonyl (C=O) groups is 1. The molecule has 0 spiro atoms. The summed E-state index contributed by atoms with van der Waals surface area (Å²) in [4.78, 5) is 14.5. The molecular formula is C16H22N2O3S. The van der Waals surface area contributed by atoms with Crippen molar-refractivity contribution < 1.29 is 13.2 Å². The number of hydrogen-bond acceptors (Lipinski definition) is 3. The Morgan fingerprint density at radius 2 is 1.86 bits per heavy atom. The average Bonchev–Trinajstić information content (AvgIpc) is 2.90. The predicted octanol–water partition coefficient (Wildman–Crippen LogP) is 1.88. The summed E-state index contributed by atoms with van der Waals surface area (Å²) in [6.07, 6.45) is 3.99. The molecule has 0 N–H and O–H groups in total. The van der Waals surface area contributed by atoms with Crippen LogP contribution in [0.4, 0.5) is 5.69 Å². The number of nitrogens with zero attached hydrogens (tertiary/aromatic N) is 2. The van der Waals surface area contributed by atoms with Gasteiger partial charge < -0.3 is 4.90 Å². The normalized spacial score (nSPS) is 19.4. The lowest BCUT2D eigenvalue weighted by Gasteiger charge is -2.30. The number of hydrogen-bond donors (Lipinski definition) is 0. The van der Waals surface area contributed by atoms with Crippen LogP contribution in [-0.4, -0.2) is 45.1 Å². The molecule has 22 heavy (non-hydrogen) atoms. The fourth-order valence-corrected chi connectivity index (χ4v) is 4.17. The van der Waals surface area contributed by atoms with Gasteiger partial charge in [0.1, 0.15) is 0 Å². The summed E-state index contributed by atoms with van der Waals surface area (Å²) >= 11 is 0. The molecule has 0 aromatic heterocycles. The van der Waals surface area contributed by atoms with Crippen molar-refractivity contribution in [2.45, 2.75) is 26.2 Å². The molecule has 0 radical (unpaired) electrons. The molecule has 0 saturated carbocycles. The topological polar surface area (TPSA) is 57.7 Å². The van der Waals surface area contributed by atoms with Gasteiger partial charge in [0.15, 0.2) is 0 Å². The van der Waals surface area contributed by atoms with Crippen LogP contribution in [0, 0.1) is 5.92 Å². The summed E-state index contributed by atoms with van der Waals surface area (Å²) in [5.74, 6) is 0.680. The van der Waals surface area contributed by atoms with Crippen LogP contribution in [0.1, 0.15) is 35.7 Å². The van der Waals surface area contributed by atoms with Crippen LogP contribution in [0.3, 0.4) is 0 Å². The number of rotatable bonds is 2. The van der Waals surface area contributed by atoms with E-state index in [-0.39, 0.29) is 5.91 Å². The van der Waals surface area contributed by atoms with Gasteiger partial charge in [-0.25, -0.2) is 8.42 Å². The second-order valence-electron chi connectivity index (χ2n) is 6.40. The van der Waals surface area contributed by atoms with Gasteiger partial charge in [0.05, 0.1) is 11.9 Å². The van der Waals surface area contributed by atoms with Crippen molar-refractivity contribution in [3.8, 4) is 0 Å². The van der Waals surface area contributed by atoms with Crippen molar-refractivity contribution in [3.05, 3.63) is 29.3 Å². The van der Waals surface area contributed by atoms with Crippen LogP contribution in [0.5, 0.6) is 0 Å². The third kappa shape index (κ3) is 2.84. The first-order valence-electron chi connectivity index (χ1n) is 7.76. The second kappa shape index (κ2) is 5.57. The van der Waals surface area contributed by atoms with Gasteiger partial charge in [-0.2, -0.15) is 0 Å². The molecule has 1 aromatic rings. The molecule has 1 saturated heterocycles. The Morgan fingerprint density at radius 3 is 2.50 bits per heavy atom. The molecule has 0 bridgehead atoms. The van der Waals surface area contributed by atoms with E-state index in [0.717, 1.165) is 31.5 Å². The SMILES string of the molecule is CC1CCN(C(=O)c2ccc3c(c2)N(S(C)(=O)=O)CC3)CC1. The van der Waals surface area contributed by atoms with E-state index in [1.54, 1.807) is 6.07 Å². The van der Waals surface area contributed by atoms with Crippen molar-refractivity contribution in [3.63, 3.8) is 0 Å². The quantitative estimate of drug-likeness (QED) is 0.835. The molecule has 2 aliphatic rings. The molecule has 2 aliphatic heterocycles. The molecule has 1 aromatic carbocycles. The highest BCUT2D eigenvalue weighted by Crippen LogP contribution is 2.31. The largest absolute Gasteiger partial charge is 0.339 e. The molecule has 1 amide bonds. The first-order chi connectivity index (χ1) is 10.4. The maximum absolute atomic E-state index is 12.6. The summed E-state index contributed by atoms with van der Waals surface area (Å²) in [7, 11) is -3.28. The Kier molecular flexibility index (Phi) is 3.89. The van der Waals surface area contributed by atoms with Gasteiger partial charge in [0.2, 0.25) is 10.0 Å². The molecule has 0 atom stereocenters. The van der Waals surface area contributed by atoms with Crippen LogP contribution >= 0.6 is 0 Å². The van der Waals surface area contributed by atoms with E-state index in [9.17, 15) is 13.2 Å². The van der Waals surface area contributed by atoms with Crippen LogP contribution in [0.15, 0.2) is 18.2 Å². The second-order valence-corrected chi connectivity index (χ2v) is 8.31. The minimum Gasteiger partial charge on any atom is -0.339 e. The van der Waals surface area contributed by atoms with Crippen molar-refractivity contribution in [1.82, 2.24) is 4.90 Å². The lowest BCUT2D eigenvalue weighted by Crippen LogP contribution is -2.38. The maximum atomic E-state index is 12.6. The van der Waals surface area contributed by atoms with Gasteiger partial charge in [-0.1, -0.05) is 13.0 Å². The van der Waals surface area contributed by atoms with Crippen molar-refractivity contribution in [2.24, 2.45) is 5.92 Å². The van der Waals surface area contributed by atoms with Gasteiger partial charge in [-0.3, -0.25) is 9.10 Å². The highest BCUT2D eigenvalue weighted by atomic mass is 32.2. The number of amides is 1. The van der Waals surface area contributed by atoms with Gasteiger partial charge in [-0.15, -0.1) is 0 Å². The molecule has 120 valence electrons. The van der Waals surface area contributed by atoms with Gasteiger partial charge in [-0.05, 0) is 42.9 Å². The van der Waals surface area contributed by atoms with Crippen LogP contribution < -0.4 is 4.31 Å². The van der Waals surface area contributed by atoms with Gasteiger partial charge >= 0.3 is 0 Å². The number of anilines is 1. The first-order valence-corrected chi connectivity index (χ1v) is 9.61. The third-order valence-corrected chi connectivity index (χ3v) is 5.84. The average molecular weight is 322 g/mol. The Hall–Kier alpha value is -1.56. The highest BCUT2D eigenvalue weighted by molar-refractivity contribution is 7.92. The zero-order valence-electron chi connectivity index (χ0n) is 13.1. The Balaban J connectivity index is 1.86. The van der Waals surface area contributed by atoms with Gasteiger partial charge in [0, 0.05) is 25.2 Å². The number of benzene rings is 1. The van der Waals surface area contributed by atoms with Gasteiger partial charge in [0.25, 0.3) is 5.91 Å². The highest BCUT2D eigenvalue weighted by Gasteiger charge is 2.28. The Morgan fingerprint density at radius 1 is 1.18 bits per heavy atom. The van der Waals surface area contributed by atoms with Crippen molar-refractivity contribution in [2.75, 3.05) is 30.2 Å². The van der Waals surface area contributed by atoms with E-state index in [2.05, 4.69) is 6.92 Å². The minimum absolute atomic E-state index is 0.00931. The Labute approximate surface area is 132 Å². The Bertz CT molecular complexity index is 691. The molecule has 0 aliphatic carbocycles. The van der Waals surface area contributed by atoms with E-state index in [1.807, 2.05) is 17.0 Å². The summed E-state index contributed by atoms with van der Waals surface area (Å²) in [6.45, 7) is 4.24. The summed E-state index contributed by atoms with van der Waals surface area (Å²) in [5, 5.41) is 0. The summed E-state index contributed by atoms with van der Waals surface area (Å²) < 4.78 is 25.1. The van der Waals surface area contributed by atoms with Crippen molar-refractivity contribution >= 4 is 21.6 Å². The van der Waals surface area contributed by atoms with E-state index in [0.29, 0.717) is 30.1 Å². The lowest BCUT2D eigenvalue weighted by molar-refractivity contribution is 0.0697. The predicted molar refractivity (Wildman–Crippen MR) is 86.6 cm³/mol. The fraction of sp³-hybridized carbons (Fsp3) is 0.562. The van der Waals surface area contributed by atoms with E-state index >= 15 is 0 Å². The zero-order chi connectivity index (χ0) is 15.9. The number of carbonyl (C=O) groups excluding carboxylic acids is 1. The van der Waals surface area contributed by atoms with Crippen LogP contribution in [0.25, 0.3) is 0 Å². The first kappa shape index (κ1) is 15.3. The van der Waals surface area contributed by atoms with Crippen LogP contribution in [-0.2, 0) is 16.4 Å². The number of piperidine rings is 1. The van der Waals surface area contributed by atoms with Crippen LogP contribution in [0.2, 0.25) is 0 Å². The fourth-order valence-electron chi connectivity index (χ4n) is 3.22. The number of likely N-dealkylation sites (tertiary alicyclic amines) is 1. The standard InChI is InChI=1S/C16H22N2O3S/c1-12-5-8-17(9-6-12)16(19)14-4-3-13-7-10-18(15(13)11-14)22(2,20)21/h3-4,11-12H,5-10H2,1-2H3. The minimum atomic E-state index is -3.28. The molecule has 0 unspecified atom stereocenters. The molecule has 5 nitrogen and oxygen atoms in total. The van der Waals surface area contributed by atoms with E-state index < -0.39 is 10.0 Å². The molecular weight excluding hydrogens is 300 g/mol. The summed E-state index contributed by atoms with van der Waals surface area (Å²) in [5.41, 5.74) is 2.25. The molecule has 1 fully saturated rings. The maximum Gasteiger partial charge on any atom is 0.253 e. The molecule has 6 heteroatoms.